The number of urea groups is 1. The predicted octanol–water partition coefficient (Wildman–Crippen LogP) is 3.10. The van der Waals surface area contributed by atoms with E-state index in [1.54, 1.807) is 26.0 Å². The summed E-state index contributed by atoms with van der Waals surface area (Å²) in [5.41, 5.74) is 0.599. The molecule has 0 unspecified atom stereocenters. The standard InChI is InChI=1S/C23H23IN2O9/c1-12(2)34-19(27)11-33-20-15(24)7-13(9-18(20)31-3)8-16-21(28)26(23(30)25-16)10-14-5-6-17(35-14)22(29)32-4/h5-9,12H,10-11H2,1-4H3,(H,25,30)/b16-8-. The molecule has 0 aliphatic carbocycles. The minimum Gasteiger partial charge on any atom is -0.493 e. The number of halogens is 1. The molecule has 1 aliphatic rings. The van der Waals surface area contributed by atoms with E-state index in [1.165, 1.54) is 32.4 Å². The first-order valence-corrected chi connectivity index (χ1v) is 11.4. The molecule has 0 spiro atoms. The zero-order chi connectivity index (χ0) is 25.7. The average molecular weight is 598 g/mol. The van der Waals surface area contributed by atoms with Gasteiger partial charge in [-0.1, -0.05) is 0 Å². The highest BCUT2D eigenvalue weighted by Crippen LogP contribution is 2.35. The number of hydrogen-bond donors (Lipinski definition) is 1. The van der Waals surface area contributed by atoms with E-state index in [-0.39, 0.29) is 36.5 Å². The molecule has 0 atom stereocenters. The molecule has 1 aromatic heterocycles. The number of amides is 3. The molecule has 2 heterocycles. The molecule has 1 N–H and O–H groups in total. The molecule has 35 heavy (non-hydrogen) atoms. The molecular weight excluding hydrogens is 575 g/mol. The van der Waals surface area contributed by atoms with Crippen molar-refractivity contribution in [2.24, 2.45) is 0 Å². The highest BCUT2D eigenvalue weighted by Gasteiger charge is 2.34. The van der Waals surface area contributed by atoms with E-state index in [9.17, 15) is 19.2 Å². The fourth-order valence-electron chi connectivity index (χ4n) is 3.10. The van der Waals surface area contributed by atoms with Crippen molar-refractivity contribution in [3.05, 3.63) is 50.6 Å². The lowest BCUT2D eigenvalue weighted by atomic mass is 10.1. The molecule has 0 saturated carbocycles. The topological polar surface area (TPSA) is 134 Å². The Hall–Kier alpha value is -3.55. The number of hydrogen-bond acceptors (Lipinski definition) is 9. The largest absolute Gasteiger partial charge is 0.493 e. The monoisotopic (exact) mass is 598 g/mol. The Morgan fingerprint density at radius 1 is 1.20 bits per heavy atom. The van der Waals surface area contributed by atoms with Crippen molar-refractivity contribution in [3.63, 3.8) is 0 Å². The molecule has 12 heteroatoms. The van der Waals surface area contributed by atoms with Gasteiger partial charge in [0.1, 0.15) is 11.5 Å². The number of nitrogens with zero attached hydrogens (tertiary/aromatic N) is 1. The summed E-state index contributed by atoms with van der Waals surface area (Å²) in [7, 11) is 2.66. The van der Waals surface area contributed by atoms with Crippen LogP contribution in [0.4, 0.5) is 4.79 Å². The first-order chi connectivity index (χ1) is 16.6. The Morgan fingerprint density at radius 2 is 1.94 bits per heavy atom. The molecule has 3 amide bonds. The van der Waals surface area contributed by atoms with Gasteiger partial charge in [0.05, 0.1) is 30.4 Å². The van der Waals surface area contributed by atoms with Gasteiger partial charge in [-0.15, -0.1) is 0 Å². The van der Waals surface area contributed by atoms with Gasteiger partial charge in [-0.25, -0.2) is 14.4 Å². The van der Waals surface area contributed by atoms with E-state index in [2.05, 4.69) is 10.1 Å². The Morgan fingerprint density at radius 3 is 2.60 bits per heavy atom. The molecule has 2 aromatic rings. The third-order valence-electron chi connectivity index (χ3n) is 4.59. The number of esters is 2. The molecule has 11 nitrogen and oxygen atoms in total. The Balaban J connectivity index is 1.76. The summed E-state index contributed by atoms with van der Waals surface area (Å²) < 4.78 is 26.6. The van der Waals surface area contributed by atoms with E-state index >= 15 is 0 Å². The van der Waals surface area contributed by atoms with Gasteiger partial charge >= 0.3 is 18.0 Å². The number of nitrogens with one attached hydrogen (secondary N) is 1. The molecule has 186 valence electrons. The second-order valence-corrected chi connectivity index (χ2v) is 8.66. The maximum Gasteiger partial charge on any atom is 0.373 e. The number of methoxy groups -OCH3 is 2. The van der Waals surface area contributed by atoms with E-state index in [0.29, 0.717) is 20.6 Å². The zero-order valence-corrected chi connectivity index (χ0v) is 21.5. The van der Waals surface area contributed by atoms with E-state index in [0.717, 1.165) is 4.90 Å². The Labute approximate surface area is 214 Å². The number of carbonyl (C=O) groups excluding carboxylic acids is 4. The quantitative estimate of drug-likeness (QED) is 0.200. The fourth-order valence-corrected chi connectivity index (χ4v) is 3.88. The molecular formula is C23H23IN2O9. The van der Waals surface area contributed by atoms with Gasteiger partial charge in [0.15, 0.2) is 18.1 Å². The van der Waals surface area contributed by atoms with Crippen LogP contribution in [0.5, 0.6) is 11.5 Å². The fraction of sp³-hybridized carbons (Fsp3) is 0.304. The minimum atomic E-state index is -0.665. The lowest BCUT2D eigenvalue weighted by Gasteiger charge is -2.14. The molecule has 1 saturated heterocycles. The van der Waals surface area contributed by atoms with Crippen molar-refractivity contribution < 1.29 is 42.5 Å². The van der Waals surface area contributed by atoms with Gasteiger partial charge in [0.25, 0.3) is 5.91 Å². The van der Waals surface area contributed by atoms with Crippen LogP contribution in [0.25, 0.3) is 6.08 Å². The van der Waals surface area contributed by atoms with Crippen LogP contribution in [-0.2, 0) is 25.6 Å². The maximum absolute atomic E-state index is 12.8. The van der Waals surface area contributed by atoms with E-state index in [1.807, 2.05) is 22.6 Å². The maximum atomic E-state index is 12.8. The summed E-state index contributed by atoms with van der Waals surface area (Å²) in [5, 5.41) is 2.52. The average Bonchev–Trinajstić information content (AvgIpc) is 3.37. The molecule has 1 aliphatic heterocycles. The highest BCUT2D eigenvalue weighted by atomic mass is 127. The molecule has 1 fully saturated rings. The summed E-state index contributed by atoms with van der Waals surface area (Å²) in [6.07, 6.45) is 1.23. The first-order valence-electron chi connectivity index (χ1n) is 10.3. The van der Waals surface area contributed by atoms with Gasteiger partial charge in [0.2, 0.25) is 5.76 Å². The third-order valence-corrected chi connectivity index (χ3v) is 5.39. The summed E-state index contributed by atoms with van der Waals surface area (Å²) in [6.45, 7) is 3.02. The Bertz CT molecular complexity index is 1190. The van der Waals surface area contributed by atoms with Crippen LogP contribution in [0.15, 0.2) is 34.4 Å². The van der Waals surface area contributed by atoms with E-state index in [4.69, 9.17) is 18.6 Å². The third kappa shape index (κ3) is 6.32. The molecule has 3 rings (SSSR count). The minimum absolute atomic E-state index is 0.0354. The van der Waals surface area contributed by atoms with E-state index < -0.39 is 23.9 Å². The van der Waals surface area contributed by atoms with Crippen LogP contribution in [0.2, 0.25) is 0 Å². The number of benzene rings is 1. The normalized spacial score (nSPS) is 14.3. The molecule has 0 radical (unpaired) electrons. The summed E-state index contributed by atoms with van der Waals surface area (Å²) in [4.78, 5) is 49.5. The lowest BCUT2D eigenvalue weighted by molar-refractivity contribution is -0.149. The zero-order valence-electron chi connectivity index (χ0n) is 19.4. The van der Waals surface area contributed by atoms with Gasteiger partial charge in [0, 0.05) is 0 Å². The lowest BCUT2D eigenvalue weighted by Crippen LogP contribution is -2.30. The van der Waals surface area contributed by atoms with Crippen LogP contribution in [0.3, 0.4) is 0 Å². The summed E-state index contributed by atoms with van der Waals surface area (Å²) in [5.74, 6) is -0.868. The molecule has 1 aromatic carbocycles. The van der Waals surface area contributed by atoms with Gasteiger partial charge in [-0.3, -0.25) is 9.69 Å². The van der Waals surface area contributed by atoms with Gasteiger partial charge < -0.3 is 28.7 Å². The smallest absolute Gasteiger partial charge is 0.373 e. The number of furan rings is 1. The summed E-state index contributed by atoms with van der Waals surface area (Å²) in [6, 6.07) is 5.56. The number of imide groups is 1. The van der Waals surface area contributed by atoms with Crippen LogP contribution in [-0.4, -0.2) is 55.7 Å². The second kappa shape index (κ2) is 11.3. The van der Waals surface area contributed by atoms with Crippen LogP contribution >= 0.6 is 22.6 Å². The SMILES string of the molecule is COC(=O)c1ccc(CN2C(=O)N/C(=C\c3cc(I)c(OCC(=O)OC(C)C)c(OC)c3)C2=O)o1. The highest BCUT2D eigenvalue weighted by molar-refractivity contribution is 14.1. The van der Waals surface area contributed by atoms with Crippen molar-refractivity contribution in [3.8, 4) is 11.5 Å². The first kappa shape index (κ1) is 26.1. The van der Waals surface area contributed by atoms with Crippen molar-refractivity contribution >= 4 is 52.5 Å². The van der Waals surface area contributed by atoms with Crippen molar-refractivity contribution in [1.82, 2.24) is 10.2 Å². The number of rotatable bonds is 9. The van der Waals surface area contributed by atoms with Gasteiger partial charge in [-0.2, -0.15) is 0 Å². The Kier molecular flexibility index (Phi) is 8.38. The van der Waals surface area contributed by atoms with Crippen LogP contribution < -0.4 is 14.8 Å². The van der Waals surface area contributed by atoms with Crippen molar-refractivity contribution in [2.45, 2.75) is 26.5 Å². The van der Waals surface area contributed by atoms with Gasteiger partial charge in [-0.05, 0) is 72.3 Å². The van der Waals surface area contributed by atoms with Crippen molar-refractivity contribution in [1.29, 1.82) is 0 Å². The predicted molar refractivity (Wildman–Crippen MR) is 130 cm³/mol. The van der Waals surface area contributed by atoms with Crippen molar-refractivity contribution in [2.75, 3.05) is 20.8 Å². The molecule has 0 bridgehead atoms. The second-order valence-electron chi connectivity index (χ2n) is 7.50. The summed E-state index contributed by atoms with van der Waals surface area (Å²) >= 11 is 2.01. The van der Waals surface area contributed by atoms with Crippen LogP contribution in [0.1, 0.15) is 35.7 Å². The number of carbonyl (C=O) groups is 4. The number of ether oxygens (including phenoxy) is 4. The van der Waals surface area contributed by atoms with Crippen LogP contribution in [0, 0.1) is 3.57 Å².